The second-order valence-electron chi connectivity index (χ2n) is 8.94. The van der Waals surface area contributed by atoms with Gasteiger partial charge in [0, 0.05) is 0 Å². The Kier molecular flexibility index (Phi) is 12.9. The van der Waals surface area contributed by atoms with E-state index in [9.17, 15) is 29.4 Å². The standard InChI is InChI=1S/C24H39N5O6/c1-14(2)19(28-21(31)17(26)13-16-9-5-4-6-10-16)23(33)27-18(11-7-8-12-25)22(32)29-20(15(3)30)24(34)35/h4-6,9-10,14-15,17-20,30H,7-8,11-13,25-26H2,1-3H3,(H,27,33)(H,28,31)(H,29,32)(H,34,35). The molecular weight excluding hydrogens is 454 g/mol. The Bertz CT molecular complexity index is 833. The fraction of sp³-hybridized carbons (Fsp3) is 0.583. The Balaban J connectivity index is 2.91. The molecule has 0 radical (unpaired) electrons. The average molecular weight is 494 g/mol. The number of unbranched alkanes of at least 4 members (excludes halogenated alkanes) is 1. The van der Waals surface area contributed by atoms with Crippen LogP contribution in [0.5, 0.6) is 0 Å². The van der Waals surface area contributed by atoms with E-state index in [1.807, 2.05) is 30.3 Å². The first kappa shape index (κ1) is 30.0. The Hall–Kier alpha value is -3.02. The zero-order chi connectivity index (χ0) is 26.5. The van der Waals surface area contributed by atoms with E-state index in [0.29, 0.717) is 25.8 Å². The Morgan fingerprint density at radius 3 is 2.00 bits per heavy atom. The van der Waals surface area contributed by atoms with E-state index in [2.05, 4.69) is 16.0 Å². The van der Waals surface area contributed by atoms with Crippen molar-refractivity contribution in [2.45, 2.75) is 76.7 Å². The van der Waals surface area contributed by atoms with Crippen molar-refractivity contribution in [2.75, 3.05) is 6.54 Å². The molecule has 0 saturated carbocycles. The second kappa shape index (κ2) is 15.1. The molecular formula is C24H39N5O6. The van der Waals surface area contributed by atoms with E-state index in [4.69, 9.17) is 11.5 Å². The van der Waals surface area contributed by atoms with Crippen molar-refractivity contribution in [3.05, 3.63) is 35.9 Å². The van der Waals surface area contributed by atoms with Crippen LogP contribution >= 0.6 is 0 Å². The van der Waals surface area contributed by atoms with Crippen molar-refractivity contribution in [1.29, 1.82) is 0 Å². The van der Waals surface area contributed by atoms with Gasteiger partial charge in [0.25, 0.3) is 0 Å². The fourth-order valence-electron chi connectivity index (χ4n) is 3.42. The minimum Gasteiger partial charge on any atom is -0.480 e. The number of hydrogen-bond acceptors (Lipinski definition) is 7. The summed E-state index contributed by atoms with van der Waals surface area (Å²) in [4.78, 5) is 49.9. The van der Waals surface area contributed by atoms with Crippen LogP contribution in [0.25, 0.3) is 0 Å². The van der Waals surface area contributed by atoms with Crippen LogP contribution in [-0.4, -0.2) is 70.7 Å². The minimum atomic E-state index is -1.53. The lowest BCUT2D eigenvalue weighted by molar-refractivity contribution is -0.145. The number of carbonyl (C=O) groups excluding carboxylic acids is 3. The number of carbonyl (C=O) groups is 4. The molecule has 0 fully saturated rings. The number of carboxylic acids is 1. The number of benzene rings is 1. The summed E-state index contributed by atoms with van der Waals surface area (Å²) in [6.45, 7) is 5.11. The molecule has 196 valence electrons. The number of hydrogen-bond donors (Lipinski definition) is 7. The molecule has 11 heteroatoms. The molecule has 0 aromatic heterocycles. The molecule has 0 aliphatic rings. The first-order valence-electron chi connectivity index (χ1n) is 11.8. The van der Waals surface area contributed by atoms with Gasteiger partial charge in [-0.15, -0.1) is 0 Å². The first-order chi connectivity index (χ1) is 16.5. The van der Waals surface area contributed by atoms with Gasteiger partial charge in [-0.1, -0.05) is 44.2 Å². The van der Waals surface area contributed by atoms with Crippen molar-refractivity contribution < 1.29 is 29.4 Å². The molecule has 1 aromatic rings. The molecule has 35 heavy (non-hydrogen) atoms. The molecule has 11 nitrogen and oxygen atoms in total. The summed E-state index contributed by atoms with van der Waals surface area (Å²) in [5, 5.41) is 26.5. The molecule has 0 saturated heterocycles. The molecule has 3 amide bonds. The first-order valence-corrected chi connectivity index (χ1v) is 11.8. The maximum Gasteiger partial charge on any atom is 0.328 e. The summed E-state index contributed by atoms with van der Waals surface area (Å²) in [5.41, 5.74) is 12.4. The summed E-state index contributed by atoms with van der Waals surface area (Å²) in [6.07, 6.45) is 0.247. The van der Waals surface area contributed by atoms with Crippen LogP contribution < -0.4 is 27.4 Å². The van der Waals surface area contributed by atoms with Crippen LogP contribution in [0.1, 0.15) is 45.6 Å². The highest BCUT2D eigenvalue weighted by molar-refractivity contribution is 5.94. The lowest BCUT2D eigenvalue weighted by atomic mass is 10.00. The van der Waals surface area contributed by atoms with Gasteiger partial charge in [-0.05, 0) is 50.6 Å². The van der Waals surface area contributed by atoms with Gasteiger partial charge in [-0.2, -0.15) is 0 Å². The Labute approximate surface area is 206 Å². The van der Waals surface area contributed by atoms with Crippen LogP contribution in [0.2, 0.25) is 0 Å². The highest BCUT2D eigenvalue weighted by Crippen LogP contribution is 2.08. The third-order valence-corrected chi connectivity index (χ3v) is 5.51. The smallest absolute Gasteiger partial charge is 0.328 e. The molecule has 9 N–H and O–H groups in total. The minimum absolute atomic E-state index is 0.202. The summed E-state index contributed by atoms with van der Waals surface area (Å²) < 4.78 is 0. The van der Waals surface area contributed by atoms with Gasteiger partial charge >= 0.3 is 5.97 Å². The SMILES string of the molecule is CC(C)C(NC(=O)C(N)Cc1ccccc1)C(=O)NC(CCCCN)C(=O)NC(C(=O)O)C(C)O. The molecule has 0 spiro atoms. The van der Waals surface area contributed by atoms with E-state index in [1.54, 1.807) is 13.8 Å². The topological polar surface area (TPSA) is 197 Å². The van der Waals surface area contributed by atoms with Crippen molar-refractivity contribution in [3.63, 3.8) is 0 Å². The molecule has 1 rings (SSSR count). The maximum absolute atomic E-state index is 13.1. The highest BCUT2D eigenvalue weighted by atomic mass is 16.4. The van der Waals surface area contributed by atoms with Gasteiger partial charge in [-0.3, -0.25) is 14.4 Å². The van der Waals surface area contributed by atoms with Crippen LogP contribution in [0.15, 0.2) is 30.3 Å². The van der Waals surface area contributed by atoms with E-state index in [0.717, 1.165) is 5.56 Å². The second-order valence-corrected chi connectivity index (χ2v) is 8.94. The third kappa shape index (κ3) is 10.4. The van der Waals surface area contributed by atoms with Gasteiger partial charge in [0.2, 0.25) is 17.7 Å². The zero-order valence-electron chi connectivity index (χ0n) is 20.6. The third-order valence-electron chi connectivity index (χ3n) is 5.51. The van der Waals surface area contributed by atoms with Crippen molar-refractivity contribution >= 4 is 23.7 Å². The van der Waals surface area contributed by atoms with E-state index >= 15 is 0 Å². The maximum atomic E-state index is 13.1. The lowest BCUT2D eigenvalue weighted by Gasteiger charge is -2.27. The molecule has 0 heterocycles. The van der Waals surface area contributed by atoms with Crippen molar-refractivity contribution in [1.82, 2.24) is 16.0 Å². The van der Waals surface area contributed by atoms with Crippen LogP contribution in [0.3, 0.4) is 0 Å². The van der Waals surface area contributed by atoms with E-state index in [1.165, 1.54) is 6.92 Å². The van der Waals surface area contributed by atoms with Gasteiger partial charge in [0.05, 0.1) is 12.1 Å². The fourth-order valence-corrected chi connectivity index (χ4v) is 3.42. The number of amides is 3. The number of carboxylic acid groups (broad SMARTS) is 1. The quantitative estimate of drug-likeness (QED) is 0.155. The van der Waals surface area contributed by atoms with Gasteiger partial charge in [0.15, 0.2) is 6.04 Å². The van der Waals surface area contributed by atoms with E-state index < -0.39 is 54.0 Å². The molecule has 5 atom stereocenters. The average Bonchev–Trinajstić information content (AvgIpc) is 2.79. The van der Waals surface area contributed by atoms with Crippen molar-refractivity contribution in [3.8, 4) is 0 Å². The van der Waals surface area contributed by atoms with Gasteiger partial charge < -0.3 is 37.6 Å². The number of nitrogens with two attached hydrogens (primary N) is 2. The largest absolute Gasteiger partial charge is 0.480 e. The van der Waals surface area contributed by atoms with Gasteiger partial charge in [0.1, 0.15) is 12.1 Å². The summed E-state index contributed by atoms with van der Waals surface area (Å²) in [6, 6.07) is 4.77. The number of aliphatic hydroxyl groups is 1. The molecule has 1 aromatic carbocycles. The predicted molar refractivity (Wildman–Crippen MR) is 131 cm³/mol. The summed E-state index contributed by atoms with van der Waals surface area (Å²) >= 11 is 0. The normalized spacial score (nSPS) is 15.4. The number of rotatable bonds is 15. The molecule has 0 aliphatic heterocycles. The number of nitrogens with one attached hydrogen (secondary N) is 3. The predicted octanol–water partition coefficient (Wildman–Crippen LogP) is -0.739. The summed E-state index contributed by atoms with van der Waals surface area (Å²) in [7, 11) is 0. The number of aliphatic carboxylic acids is 1. The molecule has 0 bridgehead atoms. The molecule has 5 unspecified atom stereocenters. The monoisotopic (exact) mass is 493 g/mol. The van der Waals surface area contributed by atoms with Crippen LogP contribution in [0, 0.1) is 5.92 Å². The van der Waals surface area contributed by atoms with Crippen LogP contribution in [-0.2, 0) is 25.6 Å². The Morgan fingerprint density at radius 1 is 0.886 bits per heavy atom. The van der Waals surface area contributed by atoms with Gasteiger partial charge in [-0.25, -0.2) is 4.79 Å². The zero-order valence-corrected chi connectivity index (χ0v) is 20.6. The van der Waals surface area contributed by atoms with E-state index in [-0.39, 0.29) is 12.3 Å². The van der Waals surface area contributed by atoms with Crippen LogP contribution in [0.4, 0.5) is 0 Å². The molecule has 0 aliphatic carbocycles. The van der Waals surface area contributed by atoms with Crippen molar-refractivity contribution in [2.24, 2.45) is 17.4 Å². The number of aliphatic hydroxyl groups excluding tert-OH is 1. The lowest BCUT2D eigenvalue weighted by Crippen LogP contribution is -2.59. The summed E-state index contributed by atoms with van der Waals surface area (Å²) in [5.74, 6) is -3.58. The Morgan fingerprint density at radius 2 is 1.49 bits per heavy atom. The highest BCUT2D eigenvalue weighted by Gasteiger charge is 2.32.